The van der Waals surface area contributed by atoms with Crippen molar-refractivity contribution in [2.24, 2.45) is 0 Å². The molecule has 0 radical (unpaired) electrons. The van der Waals surface area contributed by atoms with E-state index in [-0.39, 0.29) is 11.8 Å². The lowest BCUT2D eigenvalue weighted by Gasteiger charge is -2.35. The van der Waals surface area contributed by atoms with E-state index in [4.69, 9.17) is 10.00 Å². The van der Waals surface area contributed by atoms with Gasteiger partial charge in [0.1, 0.15) is 15.6 Å². The zero-order chi connectivity index (χ0) is 19.2. The lowest BCUT2D eigenvalue weighted by molar-refractivity contribution is -0.0315. The Bertz CT molecular complexity index is 808. The van der Waals surface area contributed by atoms with E-state index < -0.39 is 0 Å². The van der Waals surface area contributed by atoms with Gasteiger partial charge in [-0.15, -0.1) is 10.2 Å². The molecule has 2 N–H and O–H groups in total. The summed E-state index contributed by atoms with van der Waals surface area (Å²) in [5.74, 6) is 1.05. The van der Waals surface area contributed by atoms with Crippen LogP contribution < -0.4 is 10.6 Å². The highest BCUT2D eigenvalue weighted by atomic mass is 127. The van der Waals surface area contributed by atoms with Gasteiger partial charge in [0.2, 0.25) is 0 Å². The molecule has 2 aromatic rings. The molecule has 1 atom stereocenters. The minimum atomic E-state index is 0.130. The molecule has 0 saturated carbocycles. The maximum Gasteiger partial charge on any atom is 0.158 e. The van der Waals surface area contributed by atoms with E-state index in [0.717, 1.165) is 29.1 Å². The molecule has 2 aromatic heterocycles. The van der Waals surface area contributed by atoms with Crippen molar-refractivity contribution in [3.63, 3.8) is 0 Å². The number of anilines is 3. The summed E-state index contributed by atoms with van der Waals surface area (Å²) in [5.41, 5.74) is 1.14. The minimum absolute atomic E-state index is 0.130. The van der Waals surface area contributed by atoms with E-state index in [1.165, 1.54) is 12.4 Å². The molecule has 1 saturated heterocycles. The fourth-order valence-electron chi connectivity index (χ4n) is 2.70. The minimum Gasteiger partial charge on any atom is -0.380 e. The molecule has 3 rings (SSSR count). The van der Waals surface area contributed by atoms with E-state index in [0.29, 0.717) is 24.2 Å². The van der Waals surface area contributed by atoms with Crippen molar-refractivity contribution in [1.29, 1.82) is 5.26 Å². The third-order valence-electron chi connectivity index (χ3n) is 4.19. The molecule has 0 bridgehead atoms. The first-order valence-electron chi connectivity index (χ1n) is 8.67. The standard InChI is InChI=1S/C17H21IN8O/c1-11(2)26-3-4-27-13(10-26)8-21-14-5-15(24-25-17(14)18)23-16-9-20-12(6-19)7-22-16/h5,7,9,11,13H,3-4,8,10H2,1-2H3,(H2,21,22,23,24). The van der Waals surface area contributed by atoms with Crippen LogP contribution >= 0.6 is 22.6 Å². The van der Waals surface area contributed by atoms with E-state index in [2.05, 4.69) is 72.1 Å². The normalized spacial score (nSPS) is 17.5. The van der Waals surface area contributed by atoms with Gasteiger partial charge in [-0.05, 0) is 36.4 Å². The van der Waals surface area contributed by atoms with Gasteiger partial charge in [0, 0.05) is 31.7 Å². The fourth-order valence-corrected chi connectivity index (χ4v) is 3.16. The Morgan fingerprint density at radius 2 is 2.19 bits per heavy atom. The van der Waals surface area contributed by atoms with Crippen LogP contribution in [0.4, 0.5) is 17.3 Å². The van der Waals surface area contributed by atoms with Crippen LogP contribution in [0.5, 0.6) is 0 Å². The van der Waals surface area contributed by atoms with Crippen molar-refractivity contribution >= 4 is 39.9 Å². The highest BCUT2D eigenvalue weighted by Crippen LogP contribution is 2.20. The molecule has 0 aromatic carbocycles. The van der Waals surface area contributed by atoms with Gasteiger partial charge in [-0.2, -0.15) is 5.26 Å². The van der Waals surface area contributed by atoms with Crippen LogP contribution in [-0.2, 0) is 4.74 Å². The quantitative estimate of drug-likeness (QED) is 0.600. The first-order chi connectivity index (χ1) is 13.0. The Labute approximate surface area is 171 Å². The van der Waals surface area contributed by atoms with Crippen LogP contribution in [0.15, 0.2) is 18.5 Å². The smallest absolute Gasteiger partial charge is 0.158 e. The molecule has 1 fully saturated rings. The molecule has 142 valence electrons. The number of aromatic nitrogens is 4. The van der Waals surface area contributed by atoms with Crippen LogP contribution in [0.25, 0.3) is 0 Å². The SMILES string of the molecule is CC(C)N1CCOC(CNc2cc(Nc3cnc(C#N)cn3)nnc2I)C1. The van der Waals surface area contributed by atoms with Gasteiger partial charge in [-0.25, -0.2) is 9.97 Å². The second-order valence-corrected chi connectivity index (χ2v) is 7.44. The summed E-state index contributed by atoms with van der Waals surface area (Å²) < 4.78 is 6.64. The number of halogens is 1. The summed E-state index contributed by atoms with van der Waals surface area (Å²) >= 11 is 2.15. The van der Waals surface area contributed by atoms with Crippen LogP contribution in [0.2, 0.25) is 0 Å². The second-order valence-electron chi connectivity index (χ2n) is 6.42. The number of nitrogens with one attached hydrogen (secondary N) is 2. The monoisotopic (exact) mass is 480 g/mol. The molecule has 9 nitrogen and oxygen atoms in total. The number of hydrogen-bond acceptors (Lipinski definition) is 9. The van der Waals surface area contributed by atoms with Gasteiger partial charge >= 0.3 is 0 Å². The maximum absolute atomic E-state index is 8.78. The predicted molar refractivity (Wildman–Crippen MR) is 110 cm³/mol. The molecule has 1 aliphatic heterocycles. The lowest BCUT2D eigenvalue weighted by Crippen LogP contribution is -2.48. The van der Waals surface area contributed by atoms with Gasteiger partial charge in [0.15, 0.2) is 11.5 Å². The van der Waals surface area contributed by atoms with Crippen LogP contribution in [0.3, 0.4) is 0 Å². The highest BCUT2D eigenvalue weighted by Gasteiger charge is 2.22. The largest absolute Gasteiger partial charge is 0.380 e. The lowest BCUT2D eigenvalue weighted by atomic mass is 10.2. The summed E-state index contributed by atoms with van der Waals surface area (Å²) in [6, 6.07) is 4.33. The first-order valence-corrected chi connectivity index (χ1v) is 9.75. The van der Waals surface area contributed by atoms with Crippen molar-refractivity contribution in [2.45, 2.75) is 26.0 Å². The van der Waals surface area contributed by atoms with Crippen LogP contribution in [0.1, 0.15) is 19.5 Å². The summed E-state index contributed by atoms with van der Waals surface area (Å²) in [6.45, 7) is 7.74. The van der Waals surface area contributed by atoms with Crippen molar-refractivity contribution in [1.82, 2.24) is 25.1 Å². The fraction of sp³-hybridized carbons (Fsp3) is 0.471. The molecular weight excluding hydrogens is 459 g/mol. The summed E-state index contributed by atoms with van der Waals surface area (Å²) in [4.78, 5) is 10.5. The molecular formula is C17H21IN8O. The van der Waals surface area contributed by atoms with E-state index in [9.17, 15) is 0 Å². The van der Waals surface area contributed by atoms with Crippen LogP contribution in [-0.4, -0.2) is 63.5 Å². The van der Waals surface area contributed by atoms with Crippen molar-refractivity contribution in [3.05, 3.63) is 27.9 Å². The van der Waals surface area contributed by atoms with Gasteiger partial charge in [0.25, 0.3) is 0 Å². The Morgan fingerprint density at radius 3 is 2.89 bits per heavy atom. The van der Waals surface area contributed by atoms with Crippen LogP contribution in [0, 0.1) is 15.0 Å². The average Bonchev–Trinajstić information content (AvgIpc) is 2.69. The number of ether oxygens (including phenoxy) is 1. The number of hydrogen-bond donors (Lipinski definition) is 2. The van der Waals surface area contributed by atoms with Crippen molar-refractivity contribution in [2.75, 3.05) is 36.9 Å². The Hall–Kier alpha value is -2.10. The summed E-state index contributed by atoms with van der Waals surface area (Å²) in [7, 11) is 0. The van der Waals surface area contributed by atoms with Crippen molar-refractivity contribution < 1.29 is 4.74 Å². The second kappa shape index (κ2) is 9.20. The topological polar surface area (TPSA) is 112 Å². The molecule has 0 aliphatic carbocycles. The third-order valence-corrected chi connectivity index (χ3v) is 4.99. The average molecular weight is 480 g/mol. The zero-order valence-corrected chi connectivity index (χ0v) is 17.3. The highest BCUT2D eigenvalue weighted by molar-refractivity contribution is 14.1. The van der Waals surface area contributed by atoms with Gasteiger partial charge in [0.05, 0.1) is 30.8 Å². The molecule has 3 heterocycles. The number of rotatable bonds is 6. The van der Waals surface area contributed by atoms with E-state index in [1.807, 2.05) is 12.1 Å². The van der Waals surface area contributed by atoms with E-state index in [1.54, 1.807) is 0 Å². The molecule has 0 amide bonds. The summed E-state index contributed by atoms with van der Waals surface area (Å²) in [6.07, 6.45) is 3.02. The number of nitrogens with zero attached hydrogens (tertiary/aromatic N) is 6. The third kappa shape index (κ3) is 5.44. The van der Waals surface area contributed by atoms with Crippen molar-refractivity contribution in [3.8, 4) is 6.07 Å². The number of morpholine rings is 1. The maximum atomic E-state index is 8.78. The van der Waals surface area contributed by atoms with Gasteiger partial charge in [-0.3, -0.25) is 4.90 Å². The first kappa shape index (κ1) is 19.7. The van der Waals surface area contributed by atoms with Gasteiger partial charge in [-0.1, -0.05) is 0 Å². The predicted octanol–water partition coefficient (Wildman–Crippen LogP) is 2.01. The number of nitriles is 1. The molecule has 27 heavy (non-hydrogen) atoms. The molecule has 1 aliphatic rings. The Balaban J connectivity index is 1.62. The molecule has 10 heteroatoms. The van der Waals surface area contributed by atoms with Gasteiger partial charge < -0.3 is 15.4 Å². The summed E-state index contributed by atoms with van der Waals surface area (Å²) in [5, 5.41) is 23.5. The zero-order valence-electron chi connectivity index (χ0n) is 15.2. The Kier molecular flexibility index (Phi) is 6.70. The molecule has 1 unspecified atom stereocenters. The Morgan fingerprint density at radius 1 is 1.33 bits per heavy atom. The van der Waals surface area contributed by atoms with E-state index >= 15 is 0 Å². The molecule has 0 spiro atoms.